The van der Waals surface area contributed by atoms with Gasteiger partial charge >= 0.3 is 6.09 Å². The normalized spacial score (nSPS) is 18.1. The van der Waals surface area contributed by atoms with Crippen LogP contribution in [0.5, 0.6) is 0 Å². The molecule has 4 rings (SSSR count). The van der Waals surface area contributed by atoms with Gasteiger partial charge in [0.2, 0.25) is 0 Å². The second-order valence-corrected chi connectivity index (χ2v) is 11.9. The van der Waals surface area contributed by atoms with Crippen LogP contribution in [0.2, 0.25) is 0 Å². The molecule has 3 aromatic rings. The van der Waals surface area contributed by atoms with Crippen molar-refractivity contribution in [2.45, 2.75) is 65.9 Å². The van der Waals surface area contributed by atoms with E-state index < -0.39 is 5.60 Å². The Balaban J connectivity index is 1.36. The van der Waals surface area contributed by atoms with Crippen LogP contribution in [-0.4, -0.2) is 40.7 Å². The second kappa shape index (κ2) is 10.9. The van der Waals surface area contributed by atoms with Crippen LogP contribution in [-0.2, 0) is 4.74 Å². The number of alkyl carbamates (subject to hydrolysis) is 1. The monoisotopic (exact) mass is 508 g/mol. The SMILES string of the molecule is Cc1nc(C)c(-c2cc(C(=O)NCC3CCC(CNC(=O)OC(C)(C)C)CC3)c3ccccc3n2)s1. The first-order valence-electron chi connectivity index (χ1n) is 12.7. The van der Waals surface area contributed by atoms with Gasteiger partial charge in [-0.3, -0.25) is 4.79 Å². The minimum atomic E-state index is -0.487. The lowest BCUT2D eigenvalue weighted by atomic mass is 9.82. The number of aromatic nitrogens is 2. The molecule has 7 nitrogen and oxygen atoms in total. The van der Waals surface area contributed by atoms with E-state index in [4.69, 9.17) is 9.72 Å². The molecule has 0 atom stereocenters. The Morgan fingerprint density at radius 2 is 1.64 bits per heavy atom. The summed E-state index contributed by atoms with van der Waals surface area (Å²) in [6.45, 7) is 10.8. The number of aryl methyl sites for hydroxylation is 2. The molecular formula is C28H36N4O3S. The summed E-state index contributed by atoms with van der Waals surface area (Å²) in [7, 11) is 0. The molecular weight excluding hydrogens is 472 g/mol. The minimum Gasteiger partial charge on any atom is -0.444 e. The predicted octanol–water partition coefficient (Wildman–Crippen LogP) is 6.04. The van der Waals surface area contributed by atoms with Crippen molar-refractivity contribution in [2.75, 3.05) is 13.1 Å². The van der Waals surface area contributed by atoms with Gasteiger partial charge in [0.05, 0.1) is 32.4 Å². The molecule has 0 bridgehead atoms. The number of thiazole rings is 1. The average molecular weight is 509 g/mol. The van der Waals surface area contributed by atoms with E-state index in [1.807, 2.05) is 65.0 Å². The maximum Gasteiger partial charge on any atom is 0.407 e. The first kappa shape index (κ1) is 26.1. The number of fused-ring (bicyclic) bond motifs is 1. The Labute approximate surface area is 217 Å². The number of carbonyl (C=O) groups is 2. The highest BCUT2D eigenvalue weighted by Gasteiger charge is 2.24. The van der Waals surface area contributed by atoms with Gasteiger partial charge in [-0.2, -0.15) is 0 Å². The summed E-state index contributed by atoms with van der Waals surface area (Å²) < 4.78 is 5.33. The highest BCUT2D eigenvalue weighted by Crippen LogP contribution is 2.32. The lowest BCUT2D eigenvalue weighted by Crippen LogP contribution is -2.37. The van der Waals surface area contributed by atoms with Crippen molar-refractivity contribution in [3.8, 4) is 10.6 Å². The number of nitrogens with one attached hydrogen (secondary N) is 2. The van der Waals surface area contributed by atoms with Gasteiger partial charge in [-0.1, -0.05) is 18.2 Å². The Morgan fingerprint density at radius 3 is 2.25 bits per heavy atom. The molecule has 1 fully saturated rings. The molecule has 1 saturated carbocycles. The highest BCUT2D eigenvalue weighted by atomic mass is 32.1. The maximum atomic E-state index is 13.3. The molecule has 2 aromatic heterocycles. The number of para-hydroxylation sites is 1. The topological polar surface area (TPSA) is 93.2 Å². The molecule has 0 aliphatic heterocycles. The van der Waals surface area contributed by atoms with E-state index in [0.29, 0.717) is 30.5 Å². The number of carbonyl (C=O) groups excluding carboxylic acids is 2. The average Bonchev–Trinajstić information content (AvgIpc) is 3.17. The number of rotatable bonds is 6. The Bertz CT molecular complexity index is 1240. The van der Waals surface area contributed by atoms with E-state index in [-0.39, 0.29) is 12.0 Å². The molecule has 0 unspecified atom stereocenters. The number of ether oxygens (including phenoxy) is 1. The fraction of sp³-hybridized carbons (Fsp3) is 0.500. The number of amides is 2. The van der Waals surface area contributed by atoms with Crippen LogP contribution < -0.4 is 10.6 Å². The molecule has 0 radical (unpaired) electrons. The van der Waals surface area contributed by atoms with E-state index >= 15 is 0 Å². The van der Waals surface area contributed by atoms with E-state index in [2.05, 4.69) is 15.6 Å². The summed E-state index contributed by atoms with van der Waals surface area (Å²) in [5.74, 6) is 0.815. The zero-order valence-corrected chi connectivity index (χ0v) is 22.6. The molecule has 1 aliphatic rings. The maximum absolute atomic E-state index is 13.3. The predicted molar refractivity (Wildman–Crippen MR) is 144 cm³/mol. The Kier molecular flexibility index (Phi) is 7.93. The molecule has 2 heterocycles. The van der Waals surface area contributed by atoms with Gasteiger partial charge in [0.1, 0.15) is 5.60 Å². The highest BCUT2D eigenvalue weighted by molar-refractivity contribution is 7.15. The number of nitrogens with zero attached hydrogens (tertiary/aromatic N) is 2. The van der Waals surface area contributed by atoms with Crippen molar-refractivity contribution in [3.63, 3.8) is 0 Å². The summed E-state index contributed by atoms with van der Waals surface area (Å²) in [5, 5.41) is 7.92. The van der Waals surface area contributed by atoms with Crippen LogP contribution in [0.4, 0.5) is 4.79 Å². The quantitative estimate of drug-likeness (QED) is 0.424. The van der Waals surface area contributed by atoms with Gasteiger partial charge in [0.15, 0.2) is 0 Å². The van der Waals surface area contributed by atoms with Crippen molar-refractivity contribution >= 4 is 34.2 Å². The number of hydrogen-bond acceptors (Lipinski definition) is 6. The summed E-state index contributed by atoms with van der Waals surface area (Å²) in [6.07, 6.45) is 3.76. The van der Waals surface area contributed by atoms with Gasteiger partial charge in [-0.25, -0.2) is 14.8 Å². The third-order valence-corrected chi connectivity index (χ3v) is 7.64. The zero-order valence-electron chi connectivity index (χ0n) is 21.8. The fourth-order valence-corrected chi connectivity index (χ4v) is 5.64. The van der Waals surface area contributed by atoms with Crippen LogP contribution in [0.25, 0.3) is 21.5 Å². The van der Waals surface area contributed by atoms with Crippen LogP contribution in [0.3, 0.4) is 0 Å². The van der Waals surface area contributed by atoms with Gasteiger partial charge in [0, 0.05) is 18.5 Å². The van der Waals surface area contributed by atoms with Gasteiger partial charge in [-0.15, -0.1) is 11.3 Å². The second-order valence-electron chi connectivity index (χ2n) is 10.7. The van der Waals surface area contributed by atoms with Crippen LogP contribution >= 0.6 is 11.3 Å². The molecule has 2 amide bonds. The summed E-state index contributed by atoms with van der Waals surface area (Å²) in [5.41, 5.74) is 2.70. The molecule has 192 valence electrons. The van der Waals surface area contributed by atoms with Gasteiger partial charge in [0.25, 0.3) is 5.91 Å². The van der Waals surface area contributed by atoms with E-state index in [9.17, 15) is 9.59 Å². The largest absolute Gasteiger partial charge is 0.444 e. The molecule has 1 aliphatic carbocycles. The van der Waals surface area contributed by atoms with E-state index in [1.165, 1.54) is 0 Å². The Hall–Kier alpha value is -3.00. The standard InChI is InChI=1S/C28H36N4O3S/c1-17-25(36-18(2)31-17)24-14-22(21-8-6-7-9-23(21)32-24)26(33)29-15-19-10-12-20(13-11-19)16-30-27(34)35-28(3,4)5/h6-9,14,19-20H,10-13,15-16H2,1-5H3,(H,29,33)(H,30,34). The van der Waals surface area contributed by atoms with E-state index in [0.717, 1.165) is 57.9 Å². The minimum absolute atomic E-state index is 0.0672. The zero-order chi connectivity index (χ0) is 25.9. The summed E-state index contributed by atoms with van der Waals surface area (Å²) in [6, 6.07) is 9.69. The molecule has 8 heteroatoms. The molecule has 2 N–H and O–H groups in total. The van der Waals surface area contributed by atoms with Crippen molar-refractivity contribution in [2.24, 2.45) is 11.8 Å². The summed E-state index contributed by atoms with van der Waals surface area (Å²) in [4.78, 5) is 35.6. The summed E-state index contributed by atoms with van der Waals surface area (Å²) >= 11 is 1.60. The van der Waals surface area contributed by atoms with E-state index in [1.54, 1.807) is 11.3 Å². The van der Waals surface area contributed by atoms with Crippen LogP contribution in [0, 0.1) is 25.7 Å². The fourth-order valence-electron chi connectivity index (χ4n) is 4.76. The molecule has 1 aromatic carbocycles. The third kappa shape index (κ3) is 6.60. The lowest BCUT2D eigenvalue weighted by Gasteiger charge is -2.29. The number of hydrogen-bond donors (Lipinski definition) is 2. The number of benzene rings is 1. The van der Waals surface area contributed by atoms with Gasteiger partial charge < -0.3 is 15.4 Å². The van der Waals surface area contributed by atoms with Gasteiger partial charge in [-0.05, 0) is 84.3 Å². The molecule has 0 saturated heterocycles. The van der Waals surface area contributed by atoms with Crippen LogP contribution in [0.15, 0.2) is 30.3 Å². The van der Waals surface area contributed by atoms with Crippen LogP contribution in [0.1, 0.15) is 67.5 Å². The third-order valence-electron chi connectivity index (χ3n) is 6.55. The number of pyridine rings is 1. The molecule has 36 heavy (non-hydrogen) atoms. The first-order valence-corrected chi connectivity index (χ1v) is 13.5. The van der Waals surface area contributed by atoms with Crippen molar-refractivity contribution in [3.05, 3.63) is 46.6 Å². The van der Waals surface area contributed by atoms with Crippen molar-refractivity contribution < 1.29 is 14.3 Å². The Morgan fingerprint density at radius 1 is 1.00 bits per heavy atom. The van der Waals surface area contributed by atoms with Crippen molar-refractivity contribution in [1.82, 2.24) is 20.6 Å². The molecule has 0 spiro atoms. The van der Waals surface area contributed by atoms with Crippen molar-refractivity contribution in [1.29, 1.82) is 0 Å². The first-order chi connectivity index (χ1) is 17.1. The smallest absolute Gasteiger partial charge is 0.407 e. The lowest BCUT2D eigenvalue weighted by molar-refractivity contribution is 0.0512.